The highest BCUT2D eigenvalue weighted by molar-refractivity contribution is 6.03. The van der Waals surface area contributed by atoms with Gasteiger partial charge in [-0.05, 0) is 56.6 Å². The van der Waals surface area contributed by atoms with Crippen molar-refractivity contribution in [2.45, 2.75) is 45.6 Å². The standard InChI is InChI=1S/C18H21NO3/c1-10-17(11(2)22-19-10)14-7-13(12-3-4-12)8-15(9-14)18(20)16-5-6-21-16/h8-9,12-13,16H,3-7H2,1-2H3. The Morgan fingerprint density at radius 2 is 2.05 bits per heavy atom. The summed E-state index contributed by atoms with van der Waals surface area (Å²) < 4.78 is 10.7. The van der Waals surface area contributed by atoms with Gasteiger partial charge in [0.05, 0.1) is 12.3 Å². The fourth-order valence-corrected chi connectivity index (χ4v) is 3.56. The summed E-state index contributed by atoms with van der Waals surface area (Å²) in [5.41, 5.74) is 4.01. The van der Waals surface area contributed by atoms with Crippen molar-refractivity contribution in [2.75, 3.05) is 6.61 Å². The Labute approximate surface area is 130 Å². The van der Waals surface area contributed by atoms with E-state index in [9.17, 15) is 4.79 Å². The number of Topliss-reactive ketones (excluding diaryl/α,β-unsaturated/α-hetero) is 1. The molecule has 2 atom stereocenters. The minimum Gasteiger partial charge on any atom is -0.370 e. The van der Waals surface area contributed by atoms with E-state index >= 15 is 0 Å². The van der Waals surface area contributed by atoms with E-state index in [4.69, 9.17) is 9.26 Å². The van der Waals surface area contributed by atoms with Gasteiger partial charge in [-0.2, -0.15) is 0 Å². The lowest BCUT2D eigenvalue weighted by Crippen LogP contribution is -2.36. The maximum absolute atomic E-state index is 12.6. The van der Waals surface area contributed by atoms with Crippen molar-refractivity contribution < 1.29 is 14.1 Å². The molecule has 1 aliphatic heterocycles. The smallest absolute Gasteiger partial charge is 0.191 e. The molecule has 1 saturated heterocycles. The van der Waals surface area contributed by atoms with Gasteiger partial charge in [-0.1, -0.05) is 11.2 Å². The highest BCUT2D eigenvalue weighted by Crippen LogP contribution is 2.45. The molecule has 116 valence electrons. The molecule has 2 aliphatic carbocycles. The topological polar surface area (TPSA) is 52.3 Å². The van der Waals surface area contributed by atoms with Gasteiger partial charge in [0.2, 0.25) is 0 Å². The van der Waals surface area contributed by atoms with Gasteiger partial charge in [-0.15, -0.1) is 0 Å². The zero-order chi connectivity index (χ0) is 15.3. The van der Waals surface area contributed by atoms with Gasteiger partial charge < -0.3 is 9.26 Å². The summed E-state index contributed by atoms with van der Waals surface area (Å²) in [7, 11) is 0. The predicted molar refractivity (Wildman–Crippen MR) is 82.2 cm³/mol. The van der Waals surface area contributed by atoms with Crippen LogP contribution in [0, 0.1) is 25.7 Å². The van der Waals surface area contributed by atoms with Crippen LogP contribution in [0.3, 0.4) is 0 Å². The maximum Gasteiger partial charge on any atom is 0.191 e. The summed E-state index contributed by atoms with van der Waals surface area (Å²) in [6, 6.07) is 0. The number of aromatic nitrogens is 1. The number of hydrogen-bond donors (Lipinski definition) is 0. The Morgan fingerprint density at radius 1 is 1.27 bits per heavy atom. The van der Waals surface area contributed by atoms with E-state index in [-0.39, 0.29) is 11.9 Å². The van der Waals surface area contributed by atoms with E-state index in [0.29, 0.717) is 12.5 Å². The van der Waals surface area contributed by atoms with Crippen LogP contribution in [0.4, 0.5) is 0 Å². The fraction of sp³-hybridized carbons (Fsp3) is 0.556. The second-order valence-corrected chi connectivity index (χ2v) is 6.71. The third-order valence-corrected chi connectivity index (χ3v) is 5.04. The van der Waals surface area contributed by atoms with Crippen molar-refractivity contribution in [3.05, 3.63) is 34.7 Å². The van der Waals surface area contributed by atoms with Crippen LogP contribution in [-0.2, 0) is 9.53 Å². The van der Waals surface area contributed by atoms with Crippen LogP contribution in [0.15, 0.2) is 22.2 Å². The number of allylic oxidation sites excluding steroid dienone is 3. The van der Waals surface area contributed by atoms with E-state index in [1.165, 1.54) is 18.4 Å². The Morgan fingerprint density at radius 3 is 2.59 bits per heavy atom. The monoisotopic (exact) mass is 299 g/mol. The summed E-state index contributed by atoms with van der Waals surface area (Å²) in [5, 5.41) is 4.06. The summed E-state index contributed by atoms with van der Waals surface area (Å²) in [6.45, 7) is 4.61. The average Bonchev–Trinajstić information content (AvgIpc) is 3.23. The van der Waals surface area contributed by atoms with Crippen LogP contribution in [-0.4, -0.2) is 23.7 Å². The highest BCUT2D eigenvalue weighted by Gasteiger charge is 2.36. The maximum atomic E-state index is 12.6. The number of carbonyl (C=O) groups is 1. The molecule has 0 spiro atoms. The number of rotatable bonds is 4. The lowest BCUT2D eigenvalue weighted by molar-refractivity contribution is -0.138. The molecule has 0 radical (unpaired) electrons. The lowest BCUT2D eigenvalue weighted by Gasteiger charge is -2.28. The Balaban J connectivity index is 1.69. The predicted octanol–water partition coefficient (Wildman–Crippen LogP) is 3.39. The Hall–Kier alpha value is -1.68. The fourth-order valence-electron chi connectivity index (χ4n) is 3.56. The van der Waals surface area contributed by atoms with Crippen molar-refractivity contribution >= 4 is 11.4 Å². The molecule has 0 N–H and O–H groups in total. The summed E-state index contributed by atoms with van der Waals surface area (Å²) in [5.74, 6) is 2.18. The van der Waals surface area contributed by atoms with Gasteiger partial charge >= 0.3 is 0 Å². The van der Waals surface area contributed by atoms with E-state index < -0.39 is 0 Å². The SMILES string of the molecule is Cc1noc(C)c1C1=CC(C(=O)C2CCO2)=CC(C2CC2)C1. The van der Waals surface area contributed by atoms with Crippen molar-refractivity contribution in [3.63, 3.8) is 0 Å². The van der Waals surface area contributed by atoms with Crippen LogP contribution in [0.25, 0.3) is 5.57 Å². The third-order valence-electron chi connectivity index (χ3n) is 5.04. The van der Waals surface area contributed by atoms with Gasteiger partial charge in [-0.25, -0.2) is 0 Å². The molecule has 4 nitrogen and oxygen atoms in total. The van der Waals surface area contributed by atoms with Gasteiger partial charge in [0, 0.05) is 17.6 Å². The number of aryl methyl sites for hydroxylation is 2. The molecular weight excluding hydrogens is 278 g/mol. The summed E-state index contributed by atoms with van der Waals surface area (Å²) in [6.07, 6.45) is 8.37. The van der Waals surface area contributed by atoms with E-state index in [1.54, 1.807) is 0 Å². The second-order valence-electron chi connectivity index (χ2n) is 6.71. The summed E-state index contributed by atoms with van der Waals surface area (Å²) >= 11 is 0. The number of hydrogen-bond acceptors (Lipinski definition) is 4. The van der Waals surface area contributed by atoms with Crippen LogP contribution in [0.2, 0.25) is 0 Å². The van der Waals surface area contributed by atoms with Crippen molar-refractivity contribution in [1.82, 2.24) is 5.16 Å². The highest BCUT2D eigenvalue weighted by atomic mass is 16.5. The molecule has 4 rings (SSSR count). The molecule has 22 heavy (non-hydrogen) atoms. The van der Waals surface area contributed by atoms with Crippen LogP contribution in [0.5, 0.6) is 0 Å². The minimum absolute atomic E-state index is 0.140. The molecular formula is C18H21NO3. The number of nitrogens with zero attached hydrogens (tertiary/aromatic N) is 1. The molecule has 0 bridgehead atoms. The van der Waals surface area contributed by atoms with Crippen LogP contribution in [0.1, 0.15) is 42.7 Å². The van der Waals surface area contributed by atoms with Gasteiger partial charge in [-0.3, -0.25) is 4.79 Å². The minimum atomic E-state index is -0.230. The zero-order valence-corrected chi connectivity index (χ0v) is 13.1. The first-order valence-corrected chi connectivity index (χ1v) is 8.15. The van der Waals surface area contributed by atoms with E-state index in [2.05, 4.69) is 11.2 Å². The van der Waals surface area contributed by atoms with Crippen molar-refractivity contribution in [3.8, 4) is 0 Å². The first-order valence-electron chi connectivity index (χ1n) is 8.15. The largest absolute Gasteiger partial charge is 0.370 e. The van der Waals surface area contributed by atoms with Crippen LogP contribution < -0.4 is 0 Å². The molecule has 3 aliphatic rings. The molecule has 0 aromatic carbocycles. The second kappa shape index (κ2) is 5.20. The lowest BCUT2D eigenvalue weighted by atomic mass is 9.81. The first-order chi connectivity index (χ1) is 10.6. The normalized spacial score (nSPS) is 27.9. The number of ether oxygens (including phenoxy) is 1. The molecule has 2 fully saturated rings. The molecule has 4 heteroatoms. The van der Waals surface area contributed by atoms with E-state index in [0.717, 1.165) is 41.4 Å². The van der Waals surface area contributed by atoms with E-state index in [1.807, 2.05) is 19.9 Å². The number of carbonyl (C=O) groups excluding carboxylic acids is 1. The van der Waals surface area contributed by atoms with Gasteiger partial charge in [0.25, 0.3) is 0 Å². The Kier molecular flexibility index (Phi) is 3.30. The quantitative estimate of drug-likeness (QED) is 0.855. The average molecular weight is 299 g/mol. The van der Waals surface area contributed by atoms with Crippen LogP contribution >= 0.6 is 0 Å². The van der Waals surface area contributed by atoms with Gasteiger partial charge in [0.1, 0.15) is 11.9 Å². The molecule has 1 aromatic rings. The third kappa shape index (κ3) is 2.35. The molecule has 1 aromatic heterocycles. The molecule has 1 saturated carbocycles. The molecule has 0 amide bonds. The van der Waals surface area contributed by atoms with Crippen molar-refractivity contribution in [2.24, 2.45) is 11.8 Å². The number of ketones is 1. The molecule has 2 unspecified atom stereocenters. The van der Waals surface area contributed by atoms with Crippen molar-refractivity contribution in [1.29, 1.82) is 0 Å². The Bertz CT molecular complexity index is 655. The first kappa shape index (κ1) is 13.9. The van der Waals surface area contributed by atoms with Gasteiger partial charge in [0.15, 0.2) is 5.78 Å². The summed E-state index contributed by atoms with van der Waals surface area (Å²) in [4.78, 5) is 12.6. The molecule has 2 heterocycles. The zero-order valence-electron chi connectivity index (χ0n) is 13.1.